The first-order valence-corrected chi connectivity index (χ1v) is 14.3. The normalized spacial score (nSPS) is 18.6. The van der Waals surface area contributed by atoms with Crippen molar-refractivity contribution in [2.24, 2.45) is 0 Å². The number of ketones is 1. The fraction of sp³-hybridized carbons (Fsp3) is 0.370. The summed E-state index contributed by atoms with van der Waals surface area (Å²) in [7, 11) is -3.85. The van der Waals surface area contributed by atoms with Crippen molar-refractivity contribution in [3.63, 3.8) is 0 Å². The highest BCUT2D eigenvalue weighted by Gasteiger charge is 2.35. The van der Waals surface area contributed by atoms with Crippen LogP contribution in [-0.2, 0) is 26.1 Å². The molecule has 0 bridgehead atoms. The summed E-state index contributed by atoms with van der Waals surface area (Å²) in [4.78, 5) is 28.7. The van der Waals surface area contributed by atoms with Gasteiger partial charge in [0.2, 0.25) is 10.0 Å². The number of sulfonamides is 1. The fourth-order valence-corrected chi connectivity index (χ4v) is 7.13. The van der Waals surface area contributed by atoms with E-state index in [-0.39, 0.29) is 35.8 Å². The van der Waals surface area contributed by atoms with Crippen LogP contribution in [0, 0.1) is 6.92 Å². The second-order valence-corrected chi connectivity index (χ2v) is 12.1. The molecule has 0 unspecified atom stereocenters. The second kappa shape index (κ2) is 11.1. The molecule has 4 rings (SSSR count). The van der Waals surface area contributed by atoms with Crippen LogP contribution in [0.15, 0.2) is 53.7 Å². The lowest BCUT2D eigenvalue weighted by Crippen LogP contribution is -2.36. The highest BCUT2D eigenvalue weighted by atomic mass is 32.2. The molecule has 0 saturated carbocycles. The Kier molecular flexibility index (Phi) is 8.11. The van der Waals surface area contributed by atoms with Crippen LogP contribution in [0.3, 0.4) is 0 Å². The molecule has 1 aliphatic heterocycles. The first-order valence-electron chi connectivity index (χ1n) is 12.1. The lowest BCUT2D eigenvalue weighted by atomic mass is 9.90. The lowest BCUT2D eigenvalue weighted by molar-refractivity contribution is -0.133. The zero-order valence-electron chi connectivity index (χ0n) is 21.2. The van der Waals surface area contributed by atoms with Crippen LogP contribution in [-0.4, -0.2) is 48.7 Å². The van der Waals surface area contributed by atoms with E-state index in [1.165, 1.54) is 35.0 Å². The Morgan fingerprint density at radius 3 is 2.76 bits per heavy atom. The summed E-state index contributed by atoms with van der Waals surface area (Å²) in [6.07, 6.45) is 2.70. The van der Waals surface area contributed by atoms with Crippen molar-refractivity contribution < 1.29 is 27.5 Å². The minimum Gasteiger partial charge on any atom is -0.488 e. The van der Waals surface area contributed by atoms with Crippen LogP contribution < -0.4 is 4.74 Å². The van der Waals surface area contributed by atoms with Crippen LogP contribution in [0.4, 0.5) is 0 Å². The molecule has 8 nitrogen and oxygen atoms in total. The van der Waals surface area contributed by atoms with Crippen molar-refractivity contribution in [3.8, 4) is 5.75 Å². The highest BCUT2D eigenvalue weighted by Crippen LogP contribution is 2.37. The van der Waals surface area contributed by atoms with E-state index in [1.807, 2.05) is 38.1 Å². The Bertz CT molecular complexity index is 1400. The van der Waals surface area contributed by atoms with Crippen molar-refractivity contribution in [2.45, 2.75) is 63.7 Å². The molecule has 10 heteroatoms. The Hall–Kier alpha value is -3.08. The van der Waals surface area contributed by atoms with Gasteiger partial charge in [-0.05, 0) is 62.1 Å². The number of pyridine rings is 1. The standard InChI is InChI=1S/C27H30N2O6S2/c1-5-22-15-29(37(32,33)26-13-28-11-10-23(26)35-22)14-21-12-20(7-6-17(21)2)27(19(4)34-16-30)25-9-8-24(36-25)18(3)31/h6-13,16,19,22,27H,5,14-15H2,1-4H3/t19-,22-,27+/m1/s1. The molecule has 3 heterocycles. The van der Waals surface area contributed by atoms with Crippen LogP contribution in [0.25, 0.3) is 0 Å². The zero-order valence-corrected chi connectivity index (χ0v) is 22.8. The van der Waals surface area contributed by atoms with Crippen LogP contribution in [0.1, 0.15) is 64.3 Å². The number of benzene rings is 1. The quantitative estimate of drug-likeness (QED) is 0.285. The monoisotopic (exact) mass is 542 g/mol. The number of fused-ring (bicyclic) bond motifs is 1. The number of Topliss-reactive ketones (excluding diaryl/α,β-unsaturated/α-hetero) is 1. The van der Waals surface area contributed by atoms with Gasteiger partial charge in [0.15, 0.2) is 5.78 Å². The van der Waals surface area contributed by atoms with E-state index < -0.39 is 16.1 Å². The summed E-state index contributed by atoms with van der Waals surface area (Å²) in [6.45, 7) is 8.00. The first kappa shape index (κ1) is 27.0. The number of hydrogen-bond donors (Lipinski definition) is 0. The van der Waals surface area contributed by atoms with Gasteiger partial charge >= 0.3 is 0 Å². The third-order valence-electron chi connectivity index (χ3n) is 6.62. The van der Waals surface area contributed by atoms with Crippen molar-refractivity contribution >= 4 is 33.6 Å². The van der Waals surface area contributed by atoms with Gasteiger partial charge in [0, 0.05) is 17.6 Å². The number of carbonyl (C=O) groups excluding carboxylic acids is 2. The number of rotatable bonds is 9. The van der Waals surface area contributed by atoms with Gasteiger partial charge in [-0.3, -0.25) is 14.6 Å². The maximum atomic E-state index is 13.6. The molecule has 2 aromatic heterocycles. The van der Waals surface area contributed by atoms with Gasteiger partial charge in [-0.2, -0.15) is 4.31 Å². The molecular formula is C27H30N2O6S2. The molecule has 1 aromatic carbocycles. The van der Waals surface area contributed by atoms with E-state index in [0.29, 0.717) is 23.5 Å². The first-order chi connectivity index (χ1) is 17.6. The Balaban J connectivity index is 1.74. The van der Waals surface area contributed by atoms with E-state index in [2.05, 4.69) is 4.98 Å². The highest BCUT2D eigenvalue weighted by molar-refractivity contribution is 7.89. The number of thiophene rings is 1. The Labute approximate surface area is 221 Å². The second-order valence-electron chi connectivity index (χ2n) is 9.13. The minimum absolute atomic E-state index is 0.0302. The number of nitrogens with zero attached hydrogens (tertiary/aromatic N) is 2. The van der Waals surface area contributed by atoms with Gasteiger partial charge in [-0.1, -0.05) is 25.1 Å². The third-order valence-corrected chi connectivity index (χ3v) is 9.71. The summed E-state index contributed by atoms with van der Waals surface area (Å²) < 4.78 is 40.0. The number of hydrogen-bond acceptors (Lipinski definition) is 8. The molecule has 0 aliphatic carbocycles. The minimum atomic E-state index is -3.85. The maximum absolute atomic E-state index is 13.6. The summed E-state index contributed by atoms with van der Waals surface area (Å²) in [5.41, 5.74) is 2.63. The molecule has 1 aliphatic rings. The molecule has 196 valence electrons. The molecule has 0 amide bonds. The predicted octanol–water partition coefficient (Wildman–Crippen LogP) is 4.71. The Morgan fingerprint density at radius 2 is 2.08 bits per heavy atom. The fourth-order valence-electron chi connectivity index (χ4n) is 4.49. The van der Waals surface area contributed by atoms with E-state index in [9.17, 15) is 18.0 Å². The molecule has 0 spiro atoms. The van der Waals surface area contributed by atoms with Crippen LogP contribution >= 0.6 is 11.3 Å². The summed E-state index contributed by atoms with van der Waals surface area (Å²) in [5.74, 6) is -0.0360. The van der Waals surface area contributed by atoms with Gasteiger partial charge < -0.3 is 9.47 Å². The van der Waals surface area contributed by atoms with Gasteiger partial charge in [0.1, 0.15) is 22.9 Å². The summed E-state index contributed by atoms with van der Waals surface area (Å²) in [6, 6.07) is 11.1. The number of carbonyl (C=O) groups is 2. The smallest absolute Gasteiger partial charge is 0.293 e. The van der Waals surface area contributed by atoms with E-state index >= 15 is 0 Å². The Morgan fingerprint density at radius 1 is 1.30 bits per heavy atom. The van der Waals surface area contributed by atoms with E-state index in [1.54, 1.807) is 19.1 Å². The molecular weight excluding hydrogens is 512 g/mol. The van der Waals surface area contributed by atoms with Crippen LogP contribution in [0.2, 0.25) is 0 Å². The molecule has 0 saturated heterocycles. The average Bonchev–Trinajstić information content (AvgIpc) is 3.31. The third kappa shape index (κ3) is 5.61. The molecule has 3 atom stereocenters. The summed E-state index contributed by atoms with van der Waals surface area (Å²) >= 11 is 1.37. The van der Waals surface area contributed by atoms with Crippen molar-refractivity contribution in [2.75, 3.05) is 6.54 Å². The van der Waals surface area contributed by atoms with Gasteiger partial charge in [-0.15, -0.1) is 11.3 Å². The molecule has 0 radical (unpaired) electrons. The van der Waals surface area contributed by atoms with Crippen molar-refractivity contribution in [1.82, 2.24) is 9.29 Å². The topological polar surface area (TPSA) is 103 Å². The number of aromatic nitrogens is 1. The maximum Gasteiger partial charge on any atom is 0.293 e. The largest absolute Gasteiger partial charge is 0.488 e. The van der Waals surface area contributed by atoms with E-state index in [4.69, 9.17) is 9.47 Å². The SMILES string of the molecule is CC[C@@H]1CN(Cc2cc([C@@H](c3ccc(C(C)=O)s3)[C@@H](C)OC=O)ccc2C)S(=O)(=O)c2cnccc2O1. The van der Waals surface area contributed by atoms with Crippen LogP contribution in [0.5, 0.6) is 5.75 Å². The lowest BCUT2D eigenvalue weighted by Gasteiger charge is -2.26. The summed E-state index contributed by atoms with van der Waals surface area (Å²) in [5, 5.41) is 0. The van der Waals surface area contributed by atoms with Crippen molar-refractivity contribution in [3.05, 3.63) is 75.2 Å². The molecule has 0 fully saturated rings. The number of aryl methyl sites for hydroxylation is 1. The van der Waals surface area contributed by atoms with E-state index in [0.717, 1.165) is 21.6 Å². The van der Waals surface area contributed by atoms with Gasteiger partial charge in [0.05, 0.1) is 23.5 Å². The van der Waals surface area contributed by atoms with Gasteiger partial charge in [0.25, 0.3) is 6.47 Å². The average molecular weight is 543 g/mol. The molecule has 37 heavy (non-hydrogen) atoms. The molecule has 3 aromatic rings. The molecule has 0 N–H and O–H groups in total. The van der Waals surface area contributed by atoms with Crippen molar-refractivity contribution in [1.29, 1.82) is 0 Å². The van der Waals surface area contributed by atoms with Gasteiger partial charge in [-0.25, -0.2) is 8.42 Å². The predicted molar refractivity (Wildman–Crippen MR) is 140 cm³/mol. The number of ether oxygens (including phenoxy) is 2. The zero-order chi connectivity index (χ0) is 26.7.